The molecule has 2 rings (SSSR count). The summed E-state index contributed by atoms with van der Waals surface area (Å²) in [5.74, 6) is 0.713. The van der Waals surface area contributed by atoms with E-state index in [2.05, 4.69) is 6.92 Å². The average Bonchev–Trinajstić information content (AvgIpc) is 2.38. The van der Waals surface area contributed by atoms with Gasteiger partial charge in [-0.1, -0.05) is 31.0 Å². The smallest absolute Gasteiger partial charge is 0.257 e. The van der Waals surface area contributed by atoms with Gasteiger partial charge in [0.25, 0.3) is 5.91 Å². The van der Waals surface area contributed by atoms with Crippen molar-refractivity contribution in [3.05, 3.63) is 28.8 Å². The lowest BCUT2D eigenvalue weighted by Crippen LogP contribution is -2.38. The summed E-state index contributed by atoms with van der Waals surface area (Å²) in [6, 6.07) is 5.19. The molecule has 1 heterocycles. The summed E-state index contributed by atoms with van der Waals surface area (Å²) in [5, 5.41) is 0.442. The number of rotatable bonds is 2. The molecule has 1 saturated heterocycles. The van der Waals surface area contributed by atoms with Crippen molar-refractivity contribution in [3.8, 4) is 0 Å². The van der Waals surface area contributed by atoms with Gasteiger partial charge in [-0.15, -0.1) is 0 Å². The summed E-state index contributed by atoms with van der Waals surface area (Å²) in [4.78, 5) is 14.3. The fourth-order valence-electron chi connectivity index (χ4n) is 2.47. The fourth-order valence-corrected chi connectivity index (χ4v) is 2.73. The number of anilines is 1. The molecular formula is C14H19ClN2O. The second-order valence-corrected chi connectivity index (χ2v) is 5.26. The molecule has 1 amide bonds. The Morgan fingerprint density at radius 3 is 2.67 bits per heavy atom. The van der Waals surface area contributed by atoms with E-state index in [0.717, 1.165) is 31.8 Å². The minimum Gasteiger partial charge on any atom is -0.398 e. The lowest BCUT2D eigenvalue weighted by Gasteiger charge is -2.32. The number of hydrogen-bond donors (Lipinski definition) is 1. The van der Waals surface area contributed by atoms with Gasteiger partial charge in [0, 0.05) is 18.8 Å². The second-order valence-electron chi connectivity index (χ2n) is 4.85. The first kappa shape index (κ1) is 13.2. The van der Waals surface area contributed by atoms with Crippen LogP contribution in [-0.2, 0) is 0 Å². The molecule has 0 saturated carbocycles. The standard InChI is InChI=1S/C14H19ClN2O/c1-2-10-6-8-17(9-7-10)14(18)13-11(15)4-3-5-12(13)16/h3-5,10H,2,6-9,16H2,1H3. The van der Waals surface area contributed by atoms with E-state index in [-0.39, 0.29) is 5.91 Å². The van der Waals surface area contributed by atoms with Crippen LogP contribution in [0, 0.1) is 5.92 Å². The third-order valence-corrected chi connectivity index (χ3v) is 4.05. The van der Waals surface area contributed by atoms with E-state index in [9.17, 15) is 4.79 Å². The summed E-state index contributed by atoms with van der Waals surface area (Å²) in [6.07, 6.45) is 3.34. The number of nitrogen functional groups attached to an aromatic ring is 1. The minimum atomic E-state index is -0.0346. The molecule has 2 N–H and O–H groups in total. The number of carbonyl (C=O) groups excluding carboxylic acids is 1. The zero-order valence-electron chi connectivity index (χ0n) is 10.7. The Hall–Kier alpha value is -1.22. The largest absolute Gasteiger partial charge is 0.398 e. The van der Waals surface area contributed by atoms with Crippen molar-refractivity contribution in [1.82, 2.24) is 4.90 Å². The van der Waals surface area contributed by atoms with Crippen LogP contribution in [-0.4, -0.2) is 23.9 Å². The molecule has 0 unspecified atom stereocenters. The molecule has 0 spiro atoms. The predicted octanol–water partition coefficient (Wildman–Crippen LogP) is 3.18. The molecule has 1 fully saturated rings. The summed E-state index contributed by atoms with van der Waals surface area (Å²) in [7, 11) is 0. The molecule has 1 aromatic rings. The van der Waals surface area contributed by atoms with Gasteiger partial charge in [0.2, 0.25) is 0 Å². The number of piperidine rings is 1. The van der Waals surface area contributed by atoms with Crippen LogP contribution in [0.4, 0.5) is 5.69 Å². The van der Waals surface area contributed by atoms with Crippen molar-refractivity contribution in [2.45, 2.75) is 26.2 Å². The SMILES string of the molecule is CCC1CCN(C(=O)c2c(N)cccc2Cl)CC1. The van der Waals surface area contributed by atoms with Gasteiger partial charge in [0.15, 0.2) is 0 Å². The second kappa shape index (κ2) is 5.61. The Labute approximate surface area is 113 Å². The van der Waals surface area contributed by atoms with Crippen LogP contribution in [0.25, 0.3) is 0 Å². The van der Waals surface area contributed by atoms with Crippen molar-refractivity contribution in [1.29, 1.82) is 0 Å². The Bertz CT molecular complexity index is 419. The Morgan fingerprint density at radius 1 is 1.44 bits per heavy atom. The van der Waals surface area contributed by atoms with Crippen molar-refractivity contribution in [2.75, 3.05) is 18.8 Å². The molecule has 1 aliphatic heterocycles. The number of amides is 1. The number of nitrogens with two attached hydrogens (primary N) is 1. The van der Waals surface area contributed by atoms with Crippen LogP contribution in [0.3, 0.4) is 0 Å². The summed E-state index contributed by atoms with van der Waals surface area (Å²) >= 11 is 6.07. The first-order chi connectivity index (χ1) is 8.63. The lowest BCUT2D eigenvalue weighted by atomic mass is 9.94. The van der Waals surface area contributed by atoms with Gasteiger partial charge in [-0.05, 0) is 30.9 Å². The monoisotopic (exact) mass is 266 g/mol. The number of nitrogens with zero attached hydrogens (tertiary/aromatic N) is 1. The van der Waals surface area contributed by atoms with Crippen LogP contribution in [0.15, 0.2) is 18.2 Å². The van der Waals surface area contributed by atoms with Gasteiger partial charge in [0.05, 0.1) is 10.6 Å². The van der Waals surface area contributed by atoms with Crippen LogP contribution in [0.5, 0.6) is 0 Å². The van der Waals surface area contributed by atoms with E-state index < -0.39 is 0 Å². The van der Waals surface area contributed by atoms with Crippen LogP contribution >= 0.6 is 11.6 Å². The van der Waals surface area contributed by atoms with Gasteiger partial charge in [-0.2, -0.15) is 0 Å². The molecular weight excluding hydrogens is 248 g/mol. The Kier molecular flexibility index (Phi) is 4.12. The van der Waals surface area contributed by atoms with Gasteiger partial charge in [0.1, 0.15) is 0 Å². The number of halogens is 1. The third-order valence-electron chi connectivity index (χ3n) is 3.74. The quantitative estimate of drug-likeness (QED) is 0.836. The van der Waals surface area contributed by atoms with Gasteiger partial charge in [-0.25, -0.2) is 0 Å². The van der Waals surface area contributed by atoms with Gasteiger partial charge in [-0.3, -0.25) is 4.79 Å². The van der Waals surface area contributed by atoms with Crippen molar-refractivity contribution < 1.29 is 4.79 Å². The summed E-state index contributed by atoms with van der Waals surface area (Å²) in [5.41, 5.74) is 6.77. The van der Waals surface area contributed by atoms with E-state index >= 15 is 0 Å². The van der Waals surface area contributed by atoms with E-state index in [4.69, 9.17) is 17.3 Å². The maximum atomic E-state index is 12.4. The van der Waals surface area contributed by atoms with E-state index in [1.165, 1.54) is 6.42 Å². The summed E-state index contributed by atoms with van der Waals surface area (Å²) in [6.45, 7) is 3.82. The predicted molar refractivity (Wildman–Crippen MR) is 74.8 cm³/mol. The number of hydrogen-bond acceptors (Lipinski definition) is 2. The molecule has 98 valence electrons. The number of carbonyl (C=O) groups is 1. The zero-order chi connectivity index (χ0) is 13.1. The first-order valence-corrected chi connectivity index (χ1v) is 6.84. The molecule has 0 bridgehead atoms. The summed E-state index contributed by atoms with van der Waals surface area (Å²) < 4.78 is 0. The van der Waals surface area contributed by atoms with E-state index in [1.807, 2.05) is 4.90 Å². The molecule has 1 aliphatic rings. The van der Waals surface area contributed by atoms with Crippen LogP contribution in [0.1, 0.15) is 36.5 Å². The Morgan fingerprint density at radius 2 is 2.11 bits per heavy atom. The van der Waals surface area contributed by atoms with Gasteiger partial charge < -0.3 is 10.6 Å². The topological polar surface area (TPSA) is 46.3 Å². The maximum absolute atomic E-state index is 12.4. The maximum Gasteiger partial charge on any atom is 0.257 e. The zero-order valence-corrected chi connectivity index (χ0v) is 11.4. The highest BCUT2D eigenvalue weighted by atomic mass is 35.5. The highest BCUT2D eigenvalue weighted by Crippen LogP contribution is 2.26. The van der Waals surface area contributed by atoms with Crippen LogP contribution in [0.2, 0.25) is 5.02 Å². The molecule has 4 heteroatoms. The fraction of sp³-hybridized carbons (Fsp3) is 0.500. The Balaban J connectivity index is 2.13. The van der Waals surface area contributed by atoms with Gasteiger partial charge >= 0.3 is 0 Å². The van der Waals surface area contributed by atoms with E-state index in [1.54, 1.807) is 18.2 Å². The van der Waals surface area contributed by atoms with Crippen molar-refractivity contribution in [3.63, 3.8) is 0 Å². The van der Waals surface area contributed by atoms with Crippen LogP contribution < -0.4 is 5.73 Å². The molecule has 0 radical (unpaired) electrons. The molecule has 1 aromatic carbocycles. The number of likely N-dealkylation sites (tertiary alicyclic amines) is 1. The van der Waals surface area contributed by atoms with Crippen molar-refractivity contribution in [2.24, 2.45) is 5.92 Å². The molecule has 0 aliphatic carbocycles. The minimum absolute atomic E-state index is 0.0346. The normalized spacial score (nSPS) is 16.9. The molecule has 18 heavy (non-hydrogen) atoms. The number of benzene rings is 1. The lowest BCUT2D eigenvalue weighted by molar-refractivity contribution is 0.0690. The highest BCUT2D eigenvalue weighted by Gasteiger charge is 2.25. The van der Waals surface area contributed by atoms with Crippen molar-refractivity contribution >= 4 is 23.2 Å². The average molecular weight is 267 g/mol. The molecule has 3 nitrogen and oxygen atoms in total. The first-order valence-electron chi connectivity index (χ1n) is 6.46. The molecule has 0 atom stereocenters. The highest BCUT2D eigenvalue weighted by molar-refractivity contribution is 6.34. The van der Waals surface area contributed by atoms with E-state index in [0.29, 0.717) is 16.3 Å². The third kappa shape index (κ3) is 2.61. The molecule has 0 aromatic heterocycles.